The number of nitrogens with one attached hydrogen (secondary N) is 1. The Morgan fingerprint density at radius 1 is 1.23 bits per heavy atom. The van der Waals surface area contributed by atoms with Crippen LogP contribution in [0.4, 0.5) is 0 Å². The Labute approximate surface area is 194 Å². The third-order valence-corrected chi connectivity index (χ3v) is 8.43. The molecule has 0 radical (unpaired) electrons. The molecule has 1 aromatic carbocycles. The van der Waals surface area contributed by atoms with E-state index in [1.807, 2.05) is 26.0 Å². The number of aryl methyl sites for hydroxylation is 1. The van der Waals surface area contributed by atoms with Crippen molar-refractivity contribution in [3.63, 3.8) is 0 Å². The molecule has 0 atom stereocenters. The molecule has 31 heavy (non-hydrogen) atoms. The molecular formula is C22H27Cl2N3O3S. The summed E-state index contributed by atoms with van der Waals surface area (Å²) in [6.45, 7) is 4.98. The molecule has 6 nitrogen and oxygen atoms in total. The first-order chi connectivity index (χ1) is 14.7. The van der Waals surface area contributed by atoms with Gasteiger partial charge in [-0.2, -0.15) is 0 Å². The molecule has 0 bridgehead atoms. The minimum Gasteiger partial charge on any atom is -0.351 e. The third kappa shape index (κ3) is 5.40. The molecule has 9 heteroatoms. The number of carbonyl (C=O) groups is 1. The maximum absolute atomic E-state index is 12.8. The van der Waals surface area contributed by atoms with Crippen LogP contribution < -0.4 is 5.32 Å². The summed E-state index contributed by atoms with van der Waals surface area (Å²) in [5.74, 6) is -0.148. The van der Waals surface area contributed by atoms with Crippen molar-refractivity contribution in [1.82, 2.24) is 14.6 Å². The number of pyridine rings is 1. The summed E-state index contributed by atoms with van der Waals surface area (Å²) in [5.41, 5.74) is 1.80. The molecule has 1 aliphatic heterocycles. The predicted octanol–water partition coefficient (Wildman–Crippen LogP) is 4.20. The van der Waals surface area contributed by atoms with Crippen molar-refractivity contribution in [3.05, 3.63) is 63.4 Å². The van der Waals surface area contributed by atoms with E-state index in [-0.39, 0.29) is 16.7 Å². The molecule has 1 saturated heterocycles. The van der Waals surface area contributed by atoms with Crippen molar-refractivity contribution in [2.45, 2.75) is 38.5 Å². The standard InChI is InChI=1S/C22H27Cl2N3O3S/c1-3-13-31(29,30)27-11-8-22(9-12-27,20-16(2)5-4-10-25-20)15-26-21(28)18-7-6-17(23)14-19(18)24/h4-7,10,14H,3,8-9,11-13,15H2,1-2H3,(H,26,28). The lowest BCUT2D eigenvalue weighted by Gasteiger charge is -2.41. The van der Waals surface area contributed by atoms with Crippen LogP contribution in [0.25, 0.3) is 0 Å². The van der Waals surface area contributed by atoms with E-state index < -0.39 is 15.4 Å². The molecule has 0 unspecified atom stereocenters. The van der Waals surface area contributed by atoms with E-state index in [0.29, 0.717) is 49.5 Å². The van der Waals surface area contributed by atoms with Crippen LogP contribution in [0.5, 0.6) is 0 Å². The van der Waals surface area contributed by atoms with Gasteiger partial charge < -0.3 is 5.32 Å². The zero-order chi connectivity index (χ0) is 22.6. The lowest BCUT2D eigenvalue weighted by molar-refractivity contribution is 0.0932. The van der Waals surface area contributed by atoms with E-state index in [1.165, 1.54) is 6.07 Å². The van der Waals surface area contributed by atoms with Crippen molar-refractivity contribution in [1.29, 1.82) is 0 Å². The van der Waals surface area contributed by atoms with Crippen molar-refractivity contribution < 1.29 is 13.2 Å². The van der Waals surface area contributed by atoms with E-state index in [9.17, 15) is 13.2 Å². The molecule has 1 fully saturated rings. The summed E-state index contributed by atoms with van der Waals surface area (Å²) in [6.07, 6.45) is 3.47. The number of rotatable bonds is 7. The van der Waals surface area contributed by atoms with Gasteiger partial charge in [-0.25, -0.2) is 12.7 Å². The Kier molecular flexibility index (Phi) is 7.63. The summed E-state index contributed by atoms with van der Waals surface area (Å²) in [4.78, 5) is 17.4. The minimum absolute atomic E-state index is 0.147. The van der Waals surface area contributed by atoms with Gasteiger partial charge in [0.15, 0.2) is 0 Å². The van der Waals surface area contributed by atoms with Gasteiger partial charge in [-0.05, 0) is 56.0 Å². The number of piperidine rings is 1. The molecule has 1 amide bonds. The molecule has 0 aliphatic carbocycles. The Bertz CT molecular complexity index is 1050. The topological polar surface area (TPSA) is 79.4 Å². The number of aromatic nitrogens is 1. The molecule has 1 aliphatic rings. The lowest BCUT2D eigenvalue weighted by Crippen LogP contribution is -2.51. The van der Waals surface area contributed by atoms with Crippen molar-refractivity contribution in [2.24, 2.45) is 0 Å². The Balaban J connectivity index is 1.83. The fraction of sp³-hybridized carbons (Fsp3) is 0.455. The zero-order valence-electron chi connectivity index (χ0n) is 17.7. The van der Waals surface area contributed by atoms with Gasteiger partial charge in [-0.15, -0.1) is 0 Å². The van der Waals surface area contributed by atoms with Crippen LogP contribution in [0.3, 0.4) is 0 Å². The first-order valence-electron chi connectivity index (χ1n) is 10.3. The van der Waals surface area contributed by atoms with Crippen LogP contribution in [-0.2, 0) is 15.4 Å². The number of sulfonamides is 1. The number of halogens is 2. The molecule has 0 saturated carbocycles. The third-order valence-electron chi connectivity index (χ3n) is 5.81. The maximum atomic E-state index is 12.8. The average molecular weight is 484 g/mol. The summed E-state index contributed by atoms with van der Waals surface area (Å²) >= 11 is 12.1. The van der Waals surface area contributed by atoms with Crippen molar-refractivity contribution in [3.8, 4) is 0 Å². The van der Waals surface area contributed by atoms with Gasteiger partial charge in [0.25, 0.3) is 5.91 Å². The van der Waals surface area contributed by atoms with Gasteiger partial charge in [0.2, 0.25) is 10.0 Å². The Morgan fingerprint density at radius 2 is 1.94 bits per heavy atom. The highest BCUT2D eigenvalue weighted by Gasteiger charge is 2.41. The molecule has 1 aromatic heterocycles. The predicted molar refractivity (Wildman–Crippen MR) is 124 cm³/mol. The van der Waals surface area contributed by atoms with E-state index in [2.05, 4.69) is 10.3 Å². The number of hydrogen-bond donors (Lipinski definition) is 1. The second kappa shape index (κ2) is 9.86. The van der Waals surface area contributed by atoms with Gasteiger partial charge in [0, 0.05) is 36.3 Å². The smallest absolute Gasteiger partial charge is 0.252 e. The number of carbonyl (C=O) groups excluding carboxylic acids is 1. The van der Waals surface area contributed by atoms with Gasteiger partial charge in [0.1, 0.15) is 0 Å². The summed E-state index contributed by atoms with van der Waals surface area (Å²) in [5, 5.41) is 3.75. The summed E-state index contributed by atoms with van der Waals surface area (Å²) in [6, 6.07) is 8.62. The van der Waals surface area contributed by atoms with Crippen LogP contribution in [-0.4, -0.2) is 49.0 Å². The first kappa shape index (κ1) is 24.0. The van der Waals surface area contributed by atoms with Gasteiger partial charge in [-0.3, -0.25) is 9.78 Å². The molecule has 1 N–H and O–H groups in total. The fourth-order valence-electron chi connectivity index (χ4n) is 4.14. The minimum atomic E-state index is -3.26. The average Bonchev–Trinajstić information content (AvgIpc) is 2.72. The number of hydrogen-bond acceptors (Lipinski definition) is 4. The molecule has 2 heterocycles. The Morgan fingerprint density at radius 3 is 2.55 bits per heavy atom. The number of benzene rings is 1. The Hall–Kier alpha value is -1.67. The van der Waals surface area contributed by atoms with Crippen LogP contribution in [0.15, 0.2) is 36.5 Å². The largest absolute Gasteiger partial charge is 0.351 e. The molecule has 168 valence electrons. The molecular weight excluding hydrogens is 457 g/mol. The zero-order valence-corrected chi connectivity index (χ0v) is 20.0. The van der Waals surface area contributed by atoms with Crippen LogP contribution in [0.1, 0.15) is 47.8 Å². The van der Waals surface area contributed by atoms with Gasteiger partial charge in [0.05, 0.1) is 22.0 Å². The van der Waals surface area contributed by atoms with Gasteiger partial charge >= 0.3 is 0 Å². The molecule has 0 spiro atoms. The van der Waals surface area contributed by atoms with E-state index in [1.54, 1.807) is 22.6 Å². The summed E-state index contributed by atoms with van der Waals surface area (Å²) < 4.78 is 26.6. The van der Waals surface area contributed by atoms with E-state index in [4.69, 9.17) is 23.2 Å². The second-order valence-corrected chi connectivity index (χ2v) is 10.9. The molecule has 3 rings (SSSR count). The van der Waals surface area contributed by atoms with Gasteiger partial charge in [-0.1, -0.05) is 36.2 Å². The lowest BCUT2D eigenvalue weighted by atomic mass is 9.74. The first-order valence-corrected chi connectivity index (χ1v) is 12.7. The van der Waals surface area contributed by atoms with E-state index >= 15 is 0 Å². The van der Waals surface area contributed by atoms with Crippen molar-refractivity contribution >= 4 is 39.1 Å². The van der Waals surface area contributed by atoms with Crippen molar-refractivity contribution in [2.75, 3.05) is 25.4 Å². The number of amides is 1. The molecule has 2 aromatic rings. The number of nitrogens with zero attached hydrogens (tertiary/aromatic N) is 2. The quantitative estimate of drug-likeness (QED) is 0.639. The highest BCUT2D eigenvalue weighted by Crippen LogP contribution is 2.36. The summed E-state index contributed by atoms with van der Waals surface area (Å²) in [7, 11) is -3.26. The van der Waals surface area contributed by atoms with Crippen LogP contribution in [0, 0.1) is 6.92 Å². The normalized spacial score (nSPS) is 16.8. The van der Waals surface area contributed by atoms with E-state index in [0.717, 1.165) is 11.3 Å². The van der Waals surface area contributed by atoms with Crippen LogP contribution >= 0.6 is 23.2 Å². The van der Waals surface area contributed by atoms with Crippen LogP contribution in [0.2, 0.25) is 10.0 Å². The highest BCUT2D eigenvalue weighted by atomic mass is 35.5. The monoisotopic (exact) mass is 483 g/mol. The SMILES string of the molecule is CCCS(=O)(=O)N1CCC(CNC(=O)c2ccc(Cl)cc2Cl)(c2ncccc2C)CC1. The second-order valence-electron chi connectivity index (χ2n) is 7.97. The maximum Gasteiger partial charge on any atom is 0.252 e. The fourth-order valence-corrected chi connectivity index (χ4v) is 6.14. The highest BCUT2D eigenvalue weighted by molar-refractivity contribution is 7.89.